The summed E-state index contributed by atoms with van der Waals surface area (Å²) < 4.78 is 0. The van der Waals surface area contributed by atoms with Gasteiger partial charge in [0.25, 0.3) is 0 Å². The largest absolute Gasteiger partial charge is 0.294 e. The quantitative estimate of drug-likeness (QED) is 0.323. The molecule has 0 radical (unpaired) electrons. The minimum atomic E-state index is 0.313. The number of aryl methyl sites for hydroxylation is 1. The molecule has 1 aromatic carbocycles. The van der Waals surface area contributed by atoms with Gasteiger partial charge in [-0.1, -0.05) is 83.4 Å². The highest BCUT2D eigenvalue weighted by Gasteiger charge is 2.05. The van der Waals surface area contributed by atoms with Gasteiger partial charge in [-0.05, 0) is 24.5 Å². The molecule has 0 atom stereocenters. The fourth-order valence-electron chi connectivity index (χ4n) is 2.71. The highest BCUT2D eigenvalue weighted by molar-refractivity contribution is 5.96. The van der Waals surface area contributed by atoms with Crippen LogP contribution in [0.5, 0.6) is 0 Å². The number of hydrogen-bond donors (Lipinski definition) is 0. The molecule has 0 unspecified atom stereocenters. The summed E-state index contributed by atoms with van der Waals surface area (Å²) in [5, 5.41) is 0. The topological polar surface area (TPSA) is 17.1 Å². The van der Waals surface area contributed by atoms with Gasteiger partial charge in [-0.3, -0.25) is 4.79 Å². The van der Waals surface area contributed by atoms with Gasteiger partial charge >= 0.3 is 0 Å². The van der Waals surface area contributed by atoms with Crippen LogP contribution in [0, 0.1) is 0 Å². The molecule has 0 spiro atoms. The van der Waals surface area contributed by atoms with E-state index in [1.807, 2.05) is 12.1 Å². The molecular weight excluding hydrogens is 256 g/mol. The van der Waals surface area contributed by atoms with E-state index in [0.29, 0.717) is 12.2 Å². The maximum absolute atomic E-state index is 12.1. The van der Waals surface area contributed by atoms with Gasteiger partial charge in [0, 0.05) is 12.0 Å². The van der Waals surface area contributed by atoms with Gasteiger partial charge in [0.1, 0.15) is 0 Å². The van der Waals surface area contributed by atoms with E-state index in [2.05, 4.69) is 26.0 Å². The molecule has 0 fully saturated rings. The van der Waals surface area contributed by atoms with Crippen LogP contribution in [0.2, 0.25) is 0 Å². The van der Waals surface area contributed by atoms with Gasteiger partial charge in [-0.15, -0.1) is 0 Å². The van der Waals surface area contributed by atoms with E-state index in [1.54, 1.807) is 0 Å². The highest BCUT2D eigenvalue weighted by atomic mass is 16.1. The predicted molar refractivity (Wildman–Crippen MR) is 92.0 cm³/mol. The Bertz CT molecular complexity index is 395. The van der Waals surface area contributed by atoms with E-state index in [-0.39, 0.29) is 0 Å². The Morgan fingerprint density at radius 1 is 0.857 bits per heavy atom. The van der Waals surface area contributed by atoms with Crippen molar-refractivity contribution < 1.29 is 4.79 Å². The van der Waals surface area contributed by atoms with E-state index < -0.39 is 0 Å². The molecule has 0 aliphatic carbocycles. The molecule has 1 aromatic rings. The summed E-state index contributed by atoms with van der Waals surface area (Å²) in [4.78, 5) is 12.1. The zero-order valence-electron chi connectivity index (χ0n) is 14.0. The van der Waals surface area contributed by atoms with Crippen molar-refractivity contribution in [3.8, 4) is 0 Å². The average Bonchev–Trinajstić information content (AvgIpc) is 2.53. The fraction of sp³-hybridized carbons (Fsp3) is 0.650. The Hall–Kier alpha value is -1.11. The number of Topliss-reactive ketones (excluding diaryl/α,β-unsaturated/α-hetero) is 1. The third kappa shape index (κ3) is 8.04. The monoisotopic (exact) mass is 288 g/mol. The molecule has 1 nitrogen and oxygen atoms in total. The lowest BCUT2D eigenvalue weighted by molar-refractivity contribution is 0.0979. The van der Waals surface area contributed by atoms with Crippen molar-refractivity contribution in [2.45, 2.75) is 84.5 Å². The molecule has 0 saturated heterocycles. The Labute approximate surface area is 131 Å². The summed E-state index contributed by atoms with van der Waals surface area (Å²) in [6.07, 6.45) is 13.4. The number of unbranched alkanes of at least 4 members (excludes halogenated alkanes) is 8. The molecule has 0 aliphatic heterocycles. The van der Waals surface area contributed by atoms with E-state index in [4.69, 9.17) is 0 Å². The molecule has 0 N–H and O–H groups in total. The number of benzene rings is 1. The lowest BCUT2D eigenvalue weighted by atomic mass is 10.0. The molecule has 0 bridgehead atoms. The zero-order valence-corrected chi connectivity index (χ0v) is 14.0. The predicted octanol–water partition coefficient (Wildman–Crippen LogP) is 6.35. The summed E-state index contributed by atoms with van der Waals surface area (Å²) in [7, 11) is 0. The molecule has 0 aliphatic rings. The first-order valence-electron chi connectivity index (χ1n) is 8.90. The Morgan fingerprint density at radius 2 is 1.48 bits per heavy atom. The fourth-order valence-corrected chi connectivity index (χ4v) is 2.71. The van der Waals surface area contributed by atoms with Crippen molar-refractivity contribution >= 4 is 5.78 Å². The smallest absolute Gasteiger partial charge is 0.162 e. The number of carbonyl (C=O) groups excluding carboxylic acids is 1. The van der Waals surface area contributed by atoms with Crippen molar-refractivity contribution in [3.63, 3.8) is 0 Å². The number of hydrogen-bond acceptors (Lipinski definition) is 1. The van der Waals surface area contributed by atoms with Crippen LogP contribution < -0.4 is 0 Å². The summed E-state index contributed by atoms with van der Waals surface area (Å²) in [6.45, 7) is 4.39. The molecule has 1 heteroatoms. The standard InChI is InChI=1S/C20H32O/c1-3-5-6-7-8-9-10-11-12-16-20(21)19-15-13-14-18(4-2)17-19/h13-15,17H,3-12,16H2,1-2H3. The normalized spacial score (nSPS) is 10.8. The third-order valence-corrected chi connectivity index (χ3v) is 4.16. The minimum absolute atomic E-state index is 0.313. The van der Waals surface area contributed by atoms with Crippen molar-refractivity contribution in [2.75, 3.05) is 0 Å². The van der Waals surface area contributed by atoms with Gasteiger partial charge in [-0.25, -0.2) is 0 Å². The second kappa shape index (κ2) is 11.5. The van der Waals surface area contributed by atoms with Gasteiger partial charge < -0.3 is 0 Å². The number of ketones is 1. The van der Waals surface area contributed by atoms with Gasteiger partial charge in [0.15, 0.2) is 5.78 Å². The first-order valence-corrected chi connectivity index (χ1v) is 8.90. The highest BCUT2D eigenvalue weighted by Crippen LogP contribution is 2.13. The van der Waals surface area contributed by atoms with Crippen LogP contribution in [0.3, 0.4) is 0 Å². The molecule has 0 saturated carbocycles. The Balaban J connectivity index is 2.08. The van der Waals surface area contributed by atoms with E-state index in [1.165, 1.54) is 56.9 Å². The molecular formula is C20H32O. The Morgan fingerprint density at radius 3 is 2.10 bits per heavy atom. The van der Waals surface area contributed by atoms with Gasteiger partial charge in [0.05, 0.1) is 0 Å². The SMILES string of the molecule is CCCCCCCCCCCC(=O)c1cccc(CC)c1. The van der Waals surface area contributed by atoms with Crippen LogP contribution >= 0.6 is 0 Å². The summed E-state index contributed by atoms with van der Waals surface area (Å²) in [5.41, 5.74) is 2.15. The van der Waals surface area contributed by atoms with E-state index in [9.17, 15) is 4.79 Å². The van der Waals surface area contributed by atoms with Crippen LogP contribution in [0.15, 0.2) is 24.3 Å². The minimum Gasteiger partial charge on any atom is -0.294 e. The summed E-state index contributed by atoms with van der Waals surface area (Å²) >= 11 is 0. The maximum atomic E-state index is 12.1. The van der Waals surface area contributed by atoms with Crippen molar-refractivity contribution in [3.05, 3.63) is 35.4 Å². The lowest BCUT2D eigenvalue weighted by Gasteiger charge is -2.04. The molecule has 118 valence electrons. The Kier molecular flexibility index (Phi) is 9.86. The van der Waals surface area contributed by atoms with Crippen LogP contribution in [-0.4, -0.2) is 5.78 Å². The van der Waals surface area contributed by atoms with Gasteiger partial charge in [0.2, 0.25) is 0 Å². The average molecular weight is 288 g/mol. The van der Waals surface area contributed by atoms with Crippen LogP contribution in [0.4, 0.5) is 0 Å². The molecule has 0 heterocycles. The molecule has 0 aromatic heterocycles. The maximum Gasteiger partial charge on any atom is 0.162 e. The summed E-state index contributed by atoms with van der Waals surface area (Å²) in [6, 6.07) is 8.10. The van der Waals surface area contributed by atoms with E-state index in [0.717, 1.165) is 18.4 Å². The first-order chi connectivity index (χ1) is 10.3. The molecule has 21 heavy (non-hydrogen) atoms. The van der Waals surface area contributed by atoms with Crippen LogP contribution in [0.1, 0.15) is 94.0 Å². The number of carbonyl (C=O) groups is 1. The second-order valence-corrected chi connectivity index (χ2v) is 6.06. The molecule has 1 rings (SSSR count). The van der Waals surface area contributed by atoms with Crippen LogP contribution in [-0.2, 0) is 6.42 Å². The molecule has 0 amide bonds. The van der Waals surface area contributed by atoms with Crippen molar-refractivity contribution in [2.24, 2.45) is 0 Å². The van der Waals surface area contributed by atoms with E-state index >= 15 is 0 Å². The first kappa shape index (κ1) is 17.9. The zero-order chi connectivity index (χ0) is 15.3. The van der Waals surface area contributed by atoms with Crippen molar-refractivity contribution in [1.82, 2.24) is 0 Å². The van der Waals surface area contributed by atoms with Crippen LogP contribution in [0.25, 0.3) is 0 Å². The lowest BCUT2D eigenvalue weighted by Crippen LogP contribution is -1.99. The number of rotatable bonds is 12. The third-order valence-electron chi connectivity index (χ3n) is 4.16. The summed E-state index contributed by atoms with van der Waals surface area (Å²) in [5.74, 6) is 0.313. The second-order valence-electron chi connectivity index (χ2n) is 6.06. The van der Waals surface area contributed by atoms with Crippen molar-refractivity contribution in [1.29, 1.82) is 0 Å². The van der Waals surface area contributed by atoms with Gasteiger partial charge in [-0.2, -0.15) is 0 Å².